The summed E-state index contributed by atoms with van der Waals surface area (Å²) in [5.74, 6) is -0.0883. The van der Waals surface area contributed by atoms with Crippen LogP contribution in [0.15, 0.2) is 86.6 Å². The van der Waals surface area contributed by atoms with Crippen molar-refractivity contribution in [2.45, 2.75) is 5.37 Å². The van der Waals surface area contributed by atoms with Crippen molar-refractivity contribution in [2.24, 2.45) is 0 Å². The molecule has 0 radical (unpaired) electrons. The maximum absolute atomic E-state index is 13.6. The van der Waals surface area contributed by atoms with Crippen molar-refractivity contribution in [3.05, 3.63) is 103 Å². The van der Waals surface area contributed by atoms with Crippen molar-refractivity contribution in [3.63, 3.8) is 0 Å². The molecule has 1 fully saturated rings. The molecule has 1 aliphatic rings. The molecule has 1 unspecified atom stereocenters. The van der Waals surface area contributed by atoms with Gasteiger partial charge in [-0.25, -0.2) is 0 Å². The number of thioether (sulfide) groups is 1. The zero-order valence-electron chi connectivity index (χ0n) is 16.8. The number of benzene rings is 3. The number of rotatable bonds is 4. The summed E-state index contributed by atoms with van der Waals surface area (Å²) in [4.78, 5) is 16.0. The maximum atomic E-state index is 13.6. The second-order valence-electron chi connectivity index (χ2n) is 7.15. The number of amides is 1. The summed E-state index contributed by atoms with van der Waals surface area (Å²) >= 11 is 15.9. The highest BCUT2D eigenvalue weighted by Crippen LogP contribution is 2.49. The standard InChI is InChI=1S/C24H14Br2ClN3OS2/c25-17-7-1-14(2-8-17)13-20-22(31)30(23(32-20)16-3-9-18(26)10-4-16)24-29-28-21(33-24)15-5-11-19(27)12-6-15/h1-13,23H/b20-13-. The first kappa shape index (κ1) is 22.8. The minimum Gasteiger partial charge on any atom is -0.268 e. The fraction of sp³-hybridized carbons (Fsp3) is 0.0417. The lowest BCUT2D eigenvalue weighted by atomic mass is 10.2. The molecule has 4 nitrogen and oxygen atoms in total. The van der Waals surface area contributed by atoms with Gasteiger partial charge in [-0.1, -0.05) is 103 Å². The number of anilines is 1. The Bertz CT molecular complexity index is 1340. The van der Waals surface area contributed by atoms with Gasteiger partial charge >= 0.3 is 0 Å². The second kappa shape index (κ2) is 9.72. The molecule has 5 rings (SSSR count). The Balaban J connectivity index is 1.54. The first-order valence-corrected chi connectivity index (χ1v) is 13.5. The smallest absolute Gasteiger partial charge is 0.267 e. The molecule has 1 saturated heterocycles. The Morgan fingerprint density at radius 3 is 2.18 bits per heavy atom. The van der Waals surface area contributed by atoms with Gasteiger partial charge in [-0.05, 0) is 53.6 Å². The van der Waals surface area contributed by atoms with Gasteiger partial charge in [-0.3, -0.25) is 9.69 Å². The Hall–Kier alpha value is -1.97. The number of hydrogen-bond donors (Lipinski definition) is 0. The van der Waals surface area contributed by atoms with Crippen LogP contribution in [0.25, 0.3) is 16.6 Å². The summed E-state index contributed by atoms with van der Waals surface area (Å²) in [5, 5.41) is 10.4. The van der Waals surface area contributed by atoms with E-state index in [9.17, 15) is 4.79 Å². The minimum absolute atomic E-state index is 0.0883. The predicted molar refractivity (Wildman–Crippen MR) is 144 cm³/mol. The average Bonchev–Trinajstić information content (AvgIpc) is 3.41. The molecular formula is C24H14Br2ClN3OS2. The first-order valence-electron chi connectivity index (χ1n) is 9.80. The average molecular weight is 620 g/mol. The molecule has 164 valence electrons. The molecule has 1 aliphatic heterocycles. The molecule has 1 amide bonds. The molecule has 4 aromatic rings. The maximum Gasteiger partial charge on any atom is 0.267 e. The molecule has 1 aromatic heterocycles. The lowest BCUT2D eigenvalue weighted by Crippen LogP contribution is -2.27. The quantitative estimate of drug-likeness (QED) is 0.216. The highest BCUT2D eigenvalue weighted by molar-refractivity contribution is 9.10. The molecule has 1 atom stereocenters. The van der Waals surface area contributed by atoms with E-state index in [1.165, 1.54) is 23.1 Å². The van der Waals surface area contributed by atoms with Gasteiger partial charge in [0, 0.05) is 19.5 Å². The number of aromatic nitrogens is 2. The van der Waals surface area contributed by atoms with E-state index in [1.807, 2.05) is 78.9 Å². The van der Waals surface area contributed by atoms with Crippen LogP contribution in [0.3, 0.4) is 0 Å². The van der Waals surface area contributed by atoms with Crippen LogP contribution in [0.2, 0.25) is 5.02 Å². The van der Waals surface area contributed by atoms with Crippen molar-refractivity contribution < 1.29 is 4.79 Å². The lowest BCUT2D eigenvalue weighted by molar-refractivity contribution is -0.114. The van der Waals surface area contributed by atoms with Gasteiger partial charge in [0.05, 0.1) is 4.91 Å². The minimum atomic E-state index is -0.238. The van der Waals surface area contributed by atoms with Crippen molar-refractivity contribution in [3.8, 4) is 10.6 Å². The van der Waals surface area contributed by atoms with E-state index in [1.54, 1.807) is 4.90 Å². The molecule has 0 N–H and O–H groups in total. The summed E-state index contributed by atoms with van der Waals surface area (Å²) in [5.41, 5.74) is 2.89. The van der Waals surface area contributed by atoms with E-state index in [0.29, 0.717) is 15.1 Å². The van der Waals surface area contributed by atoms with Crippen molar-refractivity contribution in [1.82, 2.24) is 10.2 Å². The summed E-state index contributed by atoms with van der Waals surface area (Å²) in [6.07, 6.45) is 1.92. The lowest BCUT2D eigenvalue weighted by Gasteiger charge is -2.20. The highest BCUT2D eigenvalue weighted by atomic mass is 79.9. The van der Waals surface area contributed by atoms with Gasteiger partial charge in [0.15, 0.2) is 0 Å². The van der Waals surface area contributed by atoms with Gasteiger partial charge in [-0.2, -0.15) is 0 Å². The van der Waals surface area contributed by atoms with Crippen LogP contribution < -0.4 is 4.90 Å². The molecule has 0 bridgehead atoms. The van der Waals surface area contributed by atoms with Gasteiger partial charge in [0.25, 0.3) is 5.91 Å². The number of nitrogens with zero attached hydrogens (tertiary/aromatic N) is 3. The molecule has 3 aromatic carbocycles. The first-order chi connectivity index (χ1) is 16.0. The highest BCUT2D eigenvalue weighted by Gasteiger charge is 2.40. The SMILES string of the molecule is O=C1/C(=C/c2ccc(Br)cc2)SC(c2ccc(Br)cc2)N1c1nnc(-c2ccc(Cl)cc2)s1. The Morgan fingerprint density at radius 2 is 1.52 bits per heavy atom. The number of hydrogen-bond acceptors (Lipinski definition) is 5. The van der Waals surface area contributed by atoms with Crippen LogP contribution in [-0.4, -0.2) is 16.1 Å². The Kier molecular flexibility index (Phi) is 6.72. The van der Waals surface area contributed by atoms with Crippen LogP contribution >= 0.6 is 66.6 Å². The van der Waals surface area contributed by atoms with Gasteiger partial charge in [0.2, 0.25) is 5.13 Å². The summed E-state index contributed by atoms with van der Waals surface area (Å²) in [7, 11) is 0. The van der Waals surface area contributed by atoms with E-state index in [0.717, 1.165) is 30.6 Å². The second-order valence-corrected chi connectivity index (χ2v) is 11.5. The van der Waals surface area contributed by atoms with Crippen molar-refractivity contribution >= 4 is 83.7 Å². The molecule has 0 saturated carbocycles. The summed E-state index contributed by atoms with van der Waals surface area (Å²) in [6, 6.07) is 23.3. The van der Waals surface area contributed by atoms with E-state index < -0.39 is 0 Å². The zero-order chi connectivity index (χ0) is 22.9. The third-order valence-corrected chi connectivity index (χ3v) is 8.47. The topological polar surface area (TPSA) is 46.1 Å². The number of halogens is 3. The van der Waals surface area contributed by atoms with E-state index in [-0.39, 0.29) is 11.3 Å². The third-order valence-electron chi connectivity index (χ3n) is 4.94. The Morgan fingerprint density at radius 1 is 0.879 bits per heavy atom. The molecule has 0 spiro atoms. The third kappa shape index (κ3) is 4.95. The molecular weight excluding hydrogens is 606 g/mol. The van der Waals surface area contributed by atoms with Gasteiger partial charge < -0.3 is 0 Å². The molecule has 0 aliphatic carbocycles. The number of carbonyl (C=O) groups excluding carboxylic acids is 1. The van der Waals surface area contributed by atoms with E-state index in [4.69, 9.17) is 11.6 Å². The van der Waals surface area contributed by atoms with Gasteiger partial charge in [-0.15, -0.1) is 10.2 Å². The van der Waals surface area contributed by atoms with Crippen molar-refractivity contribution in [2.75, 3.05) is 4.90 Å². The monoisotopic (exact) mass is 617 g/mol. The van der Waals surface area contributed by atoms with Crippen LogP contribution in [-0.2, 0) is 4.79 Å². The number of carbonyl (C=O) groups is 1. The predicted octanol–water partition coefficient (Wildman–Crippen LogP) is 8.20. The molecule has 2 heterocycles. The van der Waals surface area contributed by atoms with Crippen LogP contribution in [0.4, 0.5) is 5.13 Å². The molecule has 33 heavy (non-hydrogen) atoms. The van der Waals surface area contributed by atoms with E-state index in [2.05, 4.69) is 42.1 Å². The van der Waals surface area contributed by atoms with Crippen molar-refractivity contribution in [1.29, 1.82) is 0 Å². The fourth-order valence-electron chi connectivity index (χ4n) is 3.31. The summed E-state index contributed by atoms with van der Waals surface area (Å²) in [6.45, 7) is 0. The van der Waals surface area contributed by atoms with Gasteiger partial charge in [0.1, 0.15) is 10.4 Å². The van der Waals surface area contributed by atoms with Crippen LogP contribution in [0.5, 0.6) is 0 Å². The van der Waals surface area contributed by atoms with Crippen LogP contribution in [0, 0.1) is 0 Å². The zero-order valence-corrected chi connectivity index (χ0v) is 22.3. The molecule has 9 heteroatoms. The largest absolute Gasteiger partial charge is 0.268 e. The summed E-state index contributed by atoms with van der Waals surface area (Å²) < 4.78 is 1.98. The van der Waals surface area contributed by atoms with E-state index >= 15 is 0 Å². The van der Waals surface area contributed by atoms with Crippen LogP contribution in [0.1, 0.15) is 16.5 Å². The Labute approximate surface area is 220 Å². The fourth-order valence-corrected chi connectivity index (χ4v) is 6.14. The normalized spacial score (nSPS) is 17.2.